The number of hydrogen-bond donors (Lipinski definition) is 0. The van der Waals surface area contributed by atoms with Crippen molar-refractivity contribution in [2.75, 3.05) is 6.26 Å². The molecule has 71 valence electrons. The lowest BCUT2D eigenvalue weighted by Crippen LogP contribution is -1.96. The number of aryl methyl sites for hydroxylation is 1. The van der Waals surface area contributed by atoms with Crippen molar-refractivity contribution < 1.29 is 4.55 Å². The van der Waals surface area contributed by atoms with Crippen molar-refractivity contribution >= 4 is 11.2 Å². The summed E-state index contributed by atoms with van der Waals surface area (Å²) in [5, 5.41) is 0. The van der Waals surface area contributed by atoms with Crippen LogP contribution in [0.25, 0.3) is 0 Å². The first-order chi connectivity index (χ1) is 6.24. The summed E-state index contributed by atoms with van der Waals surface area (Å²) in [6, 6.07) is 7.97. The SMILES string of the molecule is [CH2]CCCc1ccc([S+](C)[O-])cc1. The van der Waals surface area contributed by atoms with Crippen LogP contribution in [0.2, 0.25) is 0 Å². The van der Waals surface area contributed by atoms with Crippen molar-refractivity contribution in [3.8, 4) is 0 Å². The number of hydrogen-bond acceptors (Lipinski definition) is 1. The van der Waals surface area contributed by atoms with Crippen LogP contribution in [0, 0.1) is 6.92 Å². The lowest BCUT2D eigenvalue weighted by atomic mass is 10.1. The van der Waals surface area contributed by atoms with Gasteiger partial charge in [0.2, 0.25) is 0 Å². The molecule has 1 aromatic carbocycles. The average Bonchev–Trinajstić information content (AvgIpc) is 2.15. The molecule has 0 heterocycles. The molecule has 0 amide bonds. The number of benzene rings is 1. The van der Waals surface area contributed by atoms with E-state index in [0.29, 0.717) is 0 Å². The fourth-order valence-electron chi connectivity index (χ4n) is 1.18. The summed E-state index contributed by atoms with van der Waals surface area (Å²) in [7, 11) is 0. The highest BCUT2D eigenvalue weighted by atomic mass is 32.2. The van der Waals surface area contributed by atoms with Crippen LogP contribution >= 0.6 is 0 Å². The second-order valence-electron chi connectivity index (χ2n) is 3.06. The van der Waals surface area contributed by atoms with E-state index in [1.807, 2.05) is 24.3 Å². The van der Waals surface area contributed by atoms with Gasteiger partial charge in [-0.05, 0) is 41.7 Å². The van der Waals surface area contributed by atoms with E-state index in [9.17, 15) is 4.55 Å². The third-order valence-corrected chi connectivity index (χ3v) is 2.91. The van der Waals surface area contributed by atoms with Crippen molar-refractivity contribution in [1.82, 2.24) is 0 Å². The van der Waals surface area contributed by atoms with Crippen LogP contribution < -0.4 is 0 Å². The Morgan fingerprint density at radius 3 is 2.38 bits per heavy atom. The van der Waals surface area contributed by atoms with Crippen LogP contribution in [0.15, 0.2) is 29.2 Å². The van der Waals surface area contributed by atoms with Crippen molar-refractivity contribution in [3.05, 3.63) is 36.8 Å². The Kier molecular flexibility index (Phi) is 4.33. The second kappa shape index (κ2) is 5.30. The molecule has 1 rings (SSSR count). The summed E-state index contributed by atoms with van der Waals surface area (Å²) in [4.78, 5) is 0.901. The van der Waals surface area contributed by atoms with Gasteiger partial charge in [-0.2, -0.15) is 0 Å². The number of unbranched alkanes of at least 4 members (excludes halogenated alkanes) is 1. The zero-order valence-corrected chi connectivity index (χ0v) is 8.77. The first-order valence-corrected chi connectivity index (χ1v) is 6.01. The molecule has 0 saturated carbocycles. The minimum Gasteiger partial charge on any atom is -0.612 e. The summed E-state index contributed by atoms with van der Waals surface area (Å²) in [6.45, 7) is 3.80. The molecular formula is C11H15OS. The largest absolute Gasteiger partial charge is 0.612 e. The second-order valence-corrected chi connectivity index (χ2v) is 4.43. The molecule has 1 aromatic rings. The molecular weight excluding hydrogens is 180 g/mol. The topological polar surface area (TPSA) is 23.1 Å². The molecule has 0 aromatic heterocycles. The van der Waals surface area contributed by atoms with Gasteiger partial charge in [-0.1, -0.05) is 25.5 Å². The van der Waals surface area contributed by atoms with Crippen molar-refractivity contribution in [1.29, 1.82) is 0 Å². The van der Waals surface area contributed by atoms with E-state index < -0.39 is 11.2 Å². The molecule has 2 heteroatoms. The molecule has 0 aliphatic carbocycles. The molecule has 0 saturated heterocycles. The molecule has 0 N–H and O–H groups in total. The van der Waals surface area contributed by atoms with Crippen LogP contribution in [0.4, 0.5) is 0 Å². The maximum absolute atomic E-state index is 11.1. The molecule has 0 aliphatic heterocycles. The smallest absolute Gasteiger partial charge is 0.152 e. The first kappa shape index (κ1) is 10.6. The summed E-state index contributed by atoms with van der Waals surface area (Å²) in [6.07, 6.45) is 4.86. The molecule has 1 radical (unpaired) electrons. The van der Waals surface area contributed by atoms with Gasteiger partial charge in [-0.3, -0.25) is 0 Å². The molecule has 0 spiro atoms. The molecule has 13 heavy (non-hydrogen) atoms. The van der Waals surface area contributed by atoms with E-state index in [2.05, 4.69) is 6.92 Å². The van der Waals surface area contributed by atoms with Crippen LogP contribution in [0.1, 0.15) is 18.4 Å². The Balaban J connectivity index is 2.59. The molecule has 1 unspecified atom stereocenters. The maximum atomic E-state index is 11.1. The summed E-state index contributed by atoms with van der Waals surface area (Å²) in [5.41, 5.74) is 1.30. The van der Waals surface area contributed by atoms with E-state index in [-0.39, 0.29) is 0 Å². The van der Waals surface area contributed by atoms with Gasteiger partial charge in [0.25, 0.3) is 0 Å². The van der Waals surface area contributed by atoms with Gasteiger partial charge in [0.1, 0.15) is 6.26 Å². The zero-order valence-electron chi connectivity index (χ0n) is 7.95. The van der Waals surface area contributed by atoms with E-state index in [1.54, 1.807) is 6.26 Å². The Bertz CT molecular complexity index is 241. The maximum Gasteiger partial charge on any atom is 0.152 e. The molecule has 1 atom stereocenters. The quantitative estimate of drug-likeness (QED) is 0.677. The Hall–Kier alpha value is -0.470. The lowest BCUT2D eigenvalue weighted by molar-refractivity contribution is 0.601. The van der Waals surface area contributed by atoms with Crippen LogP contribution in [-0.4, -0.2) is 10.8 Å². The highest BCUT2D eigenvalue weighted by Crippen LogP contribution is 2.11. The van der Waals surface area contributed by atoms with Crippen molar-refractivity contribution in [2.24, 2.45) is 0 Å². The minimum atomic E-state index is -0.855. The highest BCUT2D eigenvalue weighted by molar-refractivity contribution is 7.90. The fourth-order valence-corrected chi connectivity index (χ4v) is 1.70. The molecule has 0 bridgehead atoms. The fraction of sp³-hybridized carbons (Fsp3) is 0.364. The van der Waals surface area contributed by atoms with E-state index in [0.717, 1.165) is 24.2 Å². The van der Waals surface area contributed by atoms with Gasteiger partial charge < -0.3 is 4.55 Å². The van der Waals surface area contributed by atoms with Crippen LogP contribution in [-0.2, 0) is 17.6 Å². The minimum absolute atomic E-state index is 0.855. The first-order valence-electron chi connectivity index (χ1n) is 4.45. The van der Waals surface area contributed by atoms with Crippen molar-refractivity contribution in [3.63, 3.8) is 0 Å². The third-order valence-electron chi connectivity index (χ3n) is 1.97. The third kappa shape index (κ3) is 3.41. The zero-order chi connectivity index (χ0) is 9.68. The van der Waals surface area contributed by atoms with Gasteiger partial charge in [0, 0.05) is 0 Å². The summed E-state index contributed by atoms with van der Waals surface area (Å²) in [5.74, 6) is 0. The predicted octanol–water partition coefficient (Wildman–Crippen LogP) is 2.58. The van der Waals surface area contributed by atoms with E-state index in [1.165, 1.54) is 5.56 Å². The monoisotopic (exact) mass is 195 g/mol. The Morgan fingerprint density at radius 2 is 1.92 bits per heavy atom. The highest BCUT2D eigenvalue weighted by Gasteiger charge is 2.02. The van der Waals surface area contributed by atoms with E-state index >= 15 is 0 Å². The van der Waals surface area contributed by atoms with E-state index in [4.69, 9.17) is 0 Å². The Labute approximate surface area is 83.4 Å². The van der Waals surface area contributed by atoms with Gasteiger partial charge >= 0.3 is 0 Å². The normalized spacial score (nSPS) is 12.8. The average molecular weight is 195 g/mol. The Morgan fingerprint density at radius 1 is 1.31 bits per heavy atom. The molecule has 0 fully saturated rings. The standard InChI is InChI=1S/C11H15OS/c1-3-4-5-10-6-8-11(9-7-10)13(2)12/h6-9H,1,3-5H2,2H3. The predicted molar refractivity (Wildman–Crippen MR) is 57.1 cm³/mol. The molecule has 1 nitrogen and oxygen atoms in total. The van der Waals surface area contributed by atoms with Crippen LogP contribution in [0.5, 0.6) is 0 Å². The van der Waals surface area contributed by atoms with Gasteiger partial charge in [-0.15, -0.1) is 0 Å². The van der Waals surface area contributed by atoms with Gasteiger partial charge in [0.05, 0.1) is 0 Å². The molecule has 0 aliphatic rings. The number of rotatable bonds is 4. The summed E-state index contributed by atoms with van der Waals surface area (Å²) < 4.78 is 11.1. The van der Waals surface area contributed by atoms with Gasteiger partial charge in [-0.25, -0.2) is 0 Å². The lowest BCUT2D eigenvalue weighted by Gasteiger charge is -2.04. The van der Waals surface area contributed by atoms with Crippen LogP contribution in [0.3, 0.4) is 0 Å². The summed E-state index contributed by atoms with van der Waals surface area (Å²) >= 11 is -0.855. The van der Waals surface area contributed by atoms with Gasteiger partial charge in [0.15, 0.2) is 4.90 Å². The van der Waals surface area contributed by atoms with Crippen molar-refractivity contribution in [2.45, 2.75) is 24.2 Å².